The Morgan fingerprint density at radius 3 is 2.41 bits per heavy atom. The topological polar surface area (TPSA) is 105 Å². The largest absolute Gasteiger partial charge is 0.378 e. The van der Waals surface area contributed by atoms with Gasteiger partial charge >= 0.3 is 0 Å². The highest BCUT2D eigenvalue weighted by atomic mass is 32.2. The Hall–Kier alpha value is -1.71. The van der Waals surface area contributed by atoms with Gasteiger partial charge in [-0.3, -0.25) is 10.1 Å². The zero-order chi connectivity index (χ0) is 16.8. The molecule has 0 unspecified atom stereocenters. The van der Waals surface area contributed by atoms with Crippen LogP contribution in [0.15, 0.2) is 23.1 Å². The van der Waals surface area contributed by atoms with Crippen molar-refractivity contribution in [2.24, 2.45) is 0 Å². The third kappa shape index (κ3) is 4.65. The standard InChI is InChI=1S/C13H22N4O4S/c1-4-16(5-2)9-8-15-12-7-6-11(22(20,21)14-3)10-13(12)17(18)19/h6-7,10,14-15H,4-5,8-9H2,1-3H3. The average Bonchev–Trinajstić information content (AvgIpc) is 2.51. The van der Waals surface area contributed by atoms with Crippen molar-refractivity contribution in [1.82, 2.24) is 9.62 Å². The number of rotatable bonds is 9. The van der Waals surface area contributed by atoms with Crippen LogP contribution in [0.5, 0.6) is 0 Å². The van der Waals surface area contributed by atoms with Crippen LogP contribution in [0.2, 0.25) is 0 Å². The number of hydrogen-bond acceptors (Lipinski definition) is 6. The highest BCUT2D eigenvalue weighted by Crippen LogP contribution is 2.27. The van der Waals surface area contributed by atoms with Gasteiger partial charge < -0.3 is 10.2 Å². The molecule has 1 aromatic rings. The summed E-state index contributed by atoms with van der Waals surface area (Å²) >= 11 is 0. The van der Waals surface area contributed by atoms with E-state index in [1.54, 1.807) is 0 Å². The predicted molar refractivity (Wildman–Crippen MR) is 85.6 cm³/mol. The minimum atomic E-state index is -3.70. The number of sulfonamides is 1. The zero-order valence-electron chi connectivity index (χ0n) is 13.0. The second-order valence-electron chi connectivity index (χ2n) is 4.60. The predicted octanol–water partition coefficient (Wildman–Crippen LogP) is 1.26. The Labute approximate surface area is 130 Å². The van der Waals surface area contributed by atoms with Crippen molar-refractivity contribution in [2.75, 3.05) is 38.5 Å². The lowest BCUT2D eigenvalue weighted by Crippen LogP contribution is -2.28. The molecule has 0 aliphatic carbocycles. The Morgan fingerprint density at radius 1 is 1.27 bits per heavy atom. The number of nitrogens with zero attached hydrogens (tertiary/aromatic N) is 2. The second-order valence-corrected chi connectivity index (χ2v) is 6.48. The molecule has 124 valence electrons. The smallest absolute Gasteiger partial charge is 0.293 e. The molecule has 0 aliphatic rings. The molecule has 0 spiro atoms. The van der Waals surface area contributed by atoms with Crippen LogP contribution in [0.1, 0.15) is 13.8 Å². The summed E-state index contributed by atoms with van der Waals surface area (Å²) in [7, 11) is -2.44. The normalized spacial score (nSPS) is 11.6. The first kappa shape index (κ1) is 18.3. The van der Waals surface area contributed by atoms with Crippen molar-refractivity contribution in [3.8, 4) is 0 Å². The Bertz CT molecular complexity index is 614. The fourth-order valence-corrected chi connectivity index (χ4v) is 2.74. The van der Waals surface area contributed by atoms with Gasteiger partial charge in [0.25, 0.3) is 5.69 Å². The van der Waals surface area contributed by atoms with Gasteiger partial charge in [-0.05, 0) is 32.3 Å². The molecule has 0 fully saturated rings. The van der Waals surface area contributed by atoms with E-state index in [1.165, 1.54) is 19.2 Å². The van der Waals surface area contributed by atoms with Crippen LogP contribution < -0.4 is 10.0 Å². The van der Waals surface area contributed by atoms with Crippen LogP contribution in [0.3, 0.4) is 0 Å². The molecule has 0 aromatic heterocycles. The van der Waals surface area contributed by atoms with Crippen LogP contribution in [-0.4, -0.2) is 51.5 Å². The van der Waals surface area contributed by atoms with E-state index in [4.69, 9.17) is 0 Å². The molecule has 0 atom stereocenters. The molecule has 8 nitrogen and oxygen atoms in total. The maximum atomic E-state index is 11.7. The van der Waals surface area contributed by atoms with Gasteiger partial charge in [0.1, 0.15) is 5.69 Å². The SMILES string of the molecule is CCN(CC)CCNc1ccc(S(=O)(=O)NC)cc1[N+](=O)[O-]. The van der Waals surface area contributed by atoms with E-state index in [0.717, 1.165) is 25.7 Å². The van der Waals surface area contributed by atoms with Crippen molar-refractivity contribution in [3.63, 3.8) is 0 Å². The van der Waals surface area contributed by atoms with E-state index in [9.17, 15) is 18.5 Å². The Kier molecular flexibility index (Phi) is 6.72. The summed E-state index contributed by atoms with van der Waals surface area (Å²) in [4.78, 5) is 12.6. The third-order valence-electron chi connectivity index (χ3n) is 3.38. The molecule has 0 aliphatic heterocycles. The van der Waals surface area contributed by atoms with Crippen molar-refractivity contribution in [2.45, 2.75) is 18.7 Å². The average molecular weight is 330 g/mol. The van der Waals surface area contributed by atoms with Gasteiger partial charge in [-0.1, -0.05) is 13.8 Å². The van der Waals surface area contributed by atoms with Crippen LogP contribution >= 0.6 is 0 Å². The molecule has 0 heterocycles. The van der Waals surface area contributed by atoms with Gasteiger partial charge in [0.05, 0.1) is 9.82 Å². The Balaban J connectivity index is 2.94. The number of nitro groups is 1. The van der Waals surface area contributed by atoms with Gasteiger partial charge in [-0.2, -0.15) is 0 Å². The molecular formula is C13H22N4O4S. The van der Waals surface area contributed by atoms with Crippen molar-refractivity contribution in [3.05, 3.63) is 28.3 Å². The first-order valence-electron chi connectivity index (χ1n) is 7.03. The zero-order valence-corrected chi connectivity index (χ0v) is 13.8. The number of benzene rings is 1. The molecule has 0 bridgehead atoms. The monoisotopic (exact) mass is 330 g/mol. The minimum absolute atomic E-state index is 0.129. The summed E-state index contributed by atoms with van der Waals surface area (Å²) in [6.07, 6.45) is 0. The molecule has 1 rings (SSSR count). The second kappa shape index (κ2) is 8.06. The number of nitro benzene ring substituents is 1. The Morgan fingerprint density at radius 2 is 1.91 bits per heavy atom. The first-order chi connectivity index (χ1) is 10.4. The third-order valence-corrected chi connectivity index (χ3v) is 4.79. The summed E-state index contributed by atoms with van der Waals surface area (Å²) in [5.41, 5.74) is 0.0584. The number of anilines is 1. The molecular weight excluding hydrogens is 308 g/mol. The lowest BCUT2D eigenvalue weighted by Gasteiger charge is -2.18. The highest BCUT2D eigenvalue weighted by Gasteiger charge is 2.20. The quantitative estimate of drug-likeness (QED) is 0.522. The van der Waals surface area contributed by atoms with Crippen LogP contribution in [-0.2, 0) is 10.0 Å². The molecule has 0 radical (unpaired) electrons. The van der Waals surface area contributed by atoms with E-state index in [1.807, 2.05) is 13.8 Å². The van der Waals surface area contributed by atoms with E-state index in [2.05, 4.69) is 14.9 Å². The van der Waals surface area contributed by atoms with E-state index < -0.39 is 14.9 Å². The van der Waals surface area contributed by atoms with Gasteiger partial charge in [0.15, 0.2) is 0 Å². The molecule has 22 heavy (non-hydrogen) atoms. The van der Waals surface area contributed by atoms with Gasteiger partial charge in [0.2, 0.25) is 10.0 Å². The van der Waals surface area contributed by atoms with E-state index >= 15 is 0 Å². The van der Waals surface area contributed by atoms with Gasteiger partial charge in [-0.15, -0.1) is 0 Å². The lowest BCUT2D eigenvalue weighted by molar-refractivity contribution is -0.384. The van der Waals surface area contributed by atoms with Crippen molar-refractivity contribution < 1.29 is 13.3 Å². The summed E-state index contributed by atoms with van der Waals surface area (Å²) in [5, 5.41) is 14.1. The summed E-state index contributed by atoms with van der Waals surface area (Å²) in [6.45, 7) is 7.19. The van der Waals surface area contributed by atoms with E-state index in [-0.39, 0.29) is 10.6 Å². The van der Waals surface area contributed by atoms with Crippen LogP contribution in [0.25, 0.3) is 0 Å². The number of hydrogen-bond donors (Lipinski definition) is 2. The fourth-order valence-electron chi connectivity index (χ4n) is 1.99. The maximum absolute atomic E-state index is 11.7. The highest BCUT2D eigenvalue weighted by molar-refractivity contribution is 7.89. The van der Waals surface area contributed by atoms with Crippen LogP contribution in [0.4, 0.5) is 11.4 Å². The van der Waals surface area contributed by atoms with Gasteiger partial charge in [0, 0.05) is 19.2 Å². The van der Waals surface area contributed by atoms with E-state index in [0.29, 0.717) is 12.2 Å². The first-order valence-corrected chi connectivity index (χ1v) is 8.52. The summed E-state index contributed by atoms with van der Waals surface area (Å²) in [5.74, 6) is 0. The number of nitrogens with one attached hydrogen (secondary N) is 2. The fraction of sp³-hybridized carbons (Fsp3) is 0.538. The molecule has 0 amide bonds. The molecule has 0 saturated carbocycles. The van der Waals surface area contributed by atoms with Crippen molar-refractivity contribution >= 4 is 21.4 Å². The summed E-state index contributed by atoms with van der Waals surface area (Å²) < 4.78 is 25.6. The molecule has 2 N–H and O–H groups in total. The molecule has 9 heteroatoms. The minimum Gasteiger partial charge on any atom is -0.378 e. The maximum Gasteiger partial charge on any atom is 0.293 e. The van der Waals surface area contributed by atoms with Crippen LogP contribution in [0, 0.1) is 10.1 Å². The molecule has 0 saturated heterocycles. The molecule has 1 aromatic carbocycles. The van der Waals surface area contributed by atoms with Crippen molar-refractivity contribution in [1.29, 1.82) is 0 Å². The lowest BCUT2D eigenvalue weighted by atomic mass is 10.2. The number of likely N-dealkylation sites (N-methyl/N-ethyl adjacent to an activating group) is 1. The summed E-state index contributed by atoms with van der Waals surface area (Å²) in [6, 6.07) is 3.83. The van der Waals surface area contributed by atoms with Gasteiger partial charge in [-0.25, -0.2) is 13.1 Å².